The fourth-order valence-electron chi connectivity index (χ4n) is 2.94. The standard InChI is InChI=1S/C13H18Br2N2S.2ClH/c14-10-8-11(18-13(10)15)12(9-2-1-3-9)17-6-4-16-5-7-17;;/h8-9,12,16H,1-7H2;2*1H/t12-;;/m1../s1. The molecule has 1 saturated carbocycles. The van der Waals surface area contributed by atoms with Crippen LogP contribution in [-0.2, 0) is 0 Å². The van der Waals surface area contributed by atoms with E-state index >= 15 is 0 Å². The number of hydrogen-bond donors (Lipinski definition) is 1. The summed E-state index contributed by atoms with van der Waals surface area (Å²) in [5, 5.41) is 3.46. The second kappa shape index (κ2) is 8.70. The molecule has 7 heteroatoms. The Hall–Kier alpha value is 1.16. The number of hydrogen-bond acceptors (Lipinski definition) is 3. The Morgan fingerprint density at radius 3 is 2.30 bits per heavy atom. The molecule has 20 heavy (non-hydrogen) atoms. The van der Waals surface area contributed by atoms with Crippen molar-refractivity contribution in [3.8, 4) is 0 Å². The minimum absolute atomic E-state index is 0. The van der Waals surface area contributed by atoms with Crippen molar-refractivity contribution in [2.75, 3.05) is 26.2 Å². The van der Waals surface area contributed by atoms with E-state index < -0.39 is 0 Å². The fourth-order valence-corrected chi connectivity index (χ4v) is 5.25. The van der Waals surface area contributed by atoms with Gasteiger partial charge in [-0.25, -0.2) is 0 Å². The van der Waals surface area contributed by atoms with E-state index in [1.54, 1.807) is 0 Å². The molecule has 2 aliphatic rings. The minimum Gasteiger partial charge on any atom is -0.314 e. The summed E-state index contributed by atoms with van der Waals surface area (Å²) in [5.41, 5.74) is 0. The zero-order valence-electron chi connectivity index (χ0n) is 11.1. The summed E-state index contributed by atoms with van der Waals surface area (Å²) in [6.07, 6.45) is 4.23. The van der Waals surface area contributed by atoms with Gasteiger partial charge in [-0.2, -0.15) is 0 Å². The number of nitrogens with one attached hydrogen (secondary N) is 1. The molecule has 0 aromatic carbocycles. The van der Waals surface area contributed by atoms with Gasteiger partial charge in [0.05, 0.1) is 3.79 Å². The van der Waals surface area contributed by atoms with Crippen LogP contribution in [0.3, 0.4) is 0 Å². The number of nitrogens with zero attached hydrogens (tertiary/aromatic N) is 1. The molecule has 2 fully saturated rings. The SMILES string of the molecule is Brc1cc([C@@H](C2CCC2)N2CCNCC2)sc1Br.Cl.Cl. The lowest BCUT2D eigenvalue weighted by Gasteiger charge is -2.42. The summed E-state index contributed by atoms with van der Waals surface area (Å²) in [5.74, 6) is 0.876. The summed E-state index contributed by atoms with van der Waals surface area (Å²) in [6, 6.07) is 2.97. The maximum atomic E-state index is 3.64. The zero-order chi connectivity index (χ0) is 12.5. The third-order valence-electron chi connectivity index (χ3n) is 4.10. The quantitative estimate of drug-likeness (QED) is 0.684. The molecule has 3 rings (SSSR count). The van der Waals surface area contributed by atoms with Gasteiger partial charge in [0.15, 0.2) is 0 Å². The van der Waals surface area contributed by atoms with E-state index in [2.05, 4.69) is 48.1 Å². The van der Waals surface area contributed by atoms with Gasteiger partial charge in [-0.15, -0.1) is 36.2 Å². The molecule has 0 radical (unpaired) electrons. The van der Waals surface area contributed by atoms with Gasteiger partial charge in [-0.1, -0.05) is 6.42 Å². The Bertz CT molecular complexity index is 401. The first kappa shape index (κ1) is 19.2. The van der Waals surface area contributed by atoms with Crippen molar-refractivity contribution in [2.24, 2.45) is 5.92 Å². The normalized spacial score (nSPS) is 21.5. The average molecular weight is 467 g/mol. The molecule has 0 bridgehead atoms. The molecule has 0 amide bonds. The molecule has 0 unspecified atom stereocenters. The number of thiophene rings is 1. The van der Waals surface area contributed by atoms with Gasteiger partial charge < -0.3 is 5.32 Å². The molecule has 1 atom stereocenters. The van der Waals surface area contributed by atoms with Gasteiger partial charge in [0.2, 0.25) is 0 Å². The lowest BCUT2D eigenvalue weighted by Crippen LogP contribution is -2.47. The van der Waals surface area contributed by atoms with E-state index in [9.17, 15) is 0 Å². The maximum absolute atomic E-state index is 3.64. The largest absolute Gasteiger partial charge is 0.314 e. The molecule has 0 spiro atoms. The van der Waals surface area contributed by atoms with Crippen LogP contribution < -0.4 is 5.32 Å². The first-order valence-electron chi connectivity index (χ1n) is 6.65. The highest BCUT2D eigenvalue weighted by atomic mass is 79.9. The molecule has 2 heterocycles. The number of halogens is 4. The van der Waals surface area contributed by atoms with Gasteiger partial charge in [0.25, 0.3) is 0 Å². The second-order valence-electron chi connectivity index (χ2n) is 5.19. The third-order valence-corrected chi connectivity index (χ3v) is 7.42. The topological polar surface area (TPSA) is 15.3 Å². The van der Waals surface area contributed by atoms with Crippen LogP contribution in [0.1, 0.15) is 30.2 Å². The molecule has 1 aromatic heterocycles. The van der Waals surface area contributed by atoms with Crippen LogP contribution >= 0.6 is 68.0 Å². The monoisotopic (exact) mass is 464 g/mol. The lowest BCUT2D eigenvalue weighted by molar-refractivity contribution is 0.0860. The first-order valence-corrected chi connectivity index (χ1v) is 9.05. The predicted octanol–water partition coefficient (Wildman–Crippen LogP) is 4.86. The molecule has 1 saturated heterocycles. The van der Waals surface area contributed by atoms with Crippen molar-refractivity contribution in [1.82, 2.24) is 10.2 Å². The van der Waals surface area contributed by atoms with Crippen LogP contribution in [-0.4, -0.2) is 31.1 Å². The van der Waals surface area contributed by atoms with E-state index in [4.69, 9.17) is 0 Å². The fraction of sp³-hybridized carbons (Fsp3) is 0.692. The van der Waals surface area contributed by atoms with Crippen molar-refractivity contribution in [2.45, 2.75) is 25.3 Å². The van der Waals surface area contributed by atoms with E-state index in [1.165, 1.54) is 45.5 Å². The van der Waals surface area contributed by atoms with Crippen LogP contribution in [0.25, 0.3) is 0 Å². The Labute approximate surface area is 154 Å². The molecular weight excluding hydrogens is 447 g/mol. The Kier molecular flexibility index (Phi) is 8.36. The number of rotatable bonds is 3. The highest BCUT2D eigenvalue weighted by Crippen LogP contribution is 2.46. The average Bonchev–Trinajstić information content (AvgIpc) is 2.65. The minimum atomic E-state index is 0. The second-order valence-corrected chi connectivity index (χ2v) is 8.45. The lowest BCUT2D eigenvalue weighted by atomic mass is 9.78. The summed E-state index contributed by atoms with van der Waals surface area (Å²) < 4.78 is 2.44. The smallest absolute Gasteiger partial charge is 0.0843 e. The molecule has 116 valence electrons. The van der Waals surface area contributed by atoms with Gasteiger partial charge in [0.1, 0.15) is 0 Å². The van der Waals surface area contributed by atoms with E-state index in [1.807, 2.05) is 11.3 Å². The molecule has 1 N–H and O–H groups in total. The summed E-state index contributed by atoms with van der Waals surface area (Å²) in [7, 11) is 0. The van der Waals surface area contributed by atoms with E-state index in [0.29, 0.717) is 6.04 Å². The van der Waals surface area contributed by atoms with Crippen LogP contribution in [0.5, 0.6) is 0 Å². The van der Waals surface area contributed by atoms with Crippen molar-refractivity contribution in [3.63, 3.8) is 0 Å². The van der Waals surface area contributed by atoms with Crippen molar-refractivity contribution in [1.29, 1.82) is 0 Å². The molecular formula is C13H20Br2Cl2N2S. The highest BCUT2D eigenvalue weighted by molar-refractivity contribution is 9.13. The zero-order valence-corrected chi connectivity index (χ0v) is 16.7. The molecule has 2 nitrogen and oxygen atoms in total. The van der Waals surface area contributed by atoms with Crippen LogP contribution in [0.4, 0.5) is 0 Å². The molecule has 1 aliphatic carbocycles. The summed E-state index contributed by atoms with van der Waals surface area (Å²) >= 11 is 9.17. The summed E-state index contributed by atoms with van der Waals surface area (Å²) in [4.78, 5) is 4.21. The maximum Gasteiger partial charge on any atom is 0.0843 e. The van der Waals surface area contributed by atoms with Crippen molar-refractivity contribution < 1.29 is 0 Å². The highest BCUT2D eigenvalue weighted by Gasteiger charge is 2.34. The summed E-state index contributed by atoms with van der Waals surface area (Å²) in [6.45, 7) is 4.65. The van der Waals surface area contributed by atoms with Gasteiger partial charge >= 0.3 is 0 Å². The van der Waals surface area contributed by atoms with Gasteiger partial charge in [0, 0.05) is 41.6 Å². The first-order chi connectivity index (χ1) is 8.75. The van der Waals surface area contributed by atoms with Crippen LogP contribution in [0.2, 0.25) is 0 Å². The third kappa shape index (κ3) is 4.12. The predicted molar refractivity (Wildman–Crippen MR) is 98.7 cm³/mol. The van der Waals surface area contributed by atoms with E-state index in [0.717, 1.165) is 19.0 Å². The Morgan fingerprint density at radius 1 is 1.20 bits per heavy atom. The number of piperazine rings is 1. The van der Waals surface area contributed by atoms with Gasteiger partial charge in [-0.05, 0) is 56.7 Å². The van der Waals surface area contributed by atoms with Crippen LogP contribution in [0.15, 0.2) is 14.3 Å². The van der Waals surface area contributed by atoms with Crippen LogP contribution in [0, 0.1) is 5.92 Å². The van der Waals surface area contributed by atoms with Crippen molar-refractivity contribution >= 4 is 68.0 Å². The van der Waals surface area contributed by atoms with E-state index in [-0.39, 0.29) is 24.8 Å². The van der Waals surface area contributed by atoms with Crippen molar-refractivity contribution in [3.05, 3.63) is 19.2 Å². The molecule has 1 aliphatic heterocycles. The Morgan fingerprint density at radius 2 is 1.85 bits per heavy atom. The molecule has 1 aromatic rings. The Balaban J connectivity index is 0.000001000. The van der Waals surface area contributed by atoms with Gasteiger partial charge in [-0.3, -0.25) is 4.90 Å².